The number of nitrogens with one attached hydrogen (secondary N) is 1. The molecule has 0 bridgehead atoms. The van der Waals surface area contributed by atoms with Gasteiger partial charge in [0.15, 0.2) is 0 Å². The molecule has 0 saturated carbocycles. The summed E-state index contributed by atoms with van der Waals surface area (Å²) in [7, 11) is 0. The van der Waals surface area contributed by atoms with E-state index in [0.29, 0.717) is 5.56 Å². The van der Waals surface area contributed by atoms with E-state index in [-0.39, 0.29) is 5.63 Å². The van der Waals surface area contributed by atoms with E-state index in [0.717, 1.165) is 12.1 Å². The van der Waals surface area contributed by atoms with Crippen LogP contribution < -0.4 is 5.63 Å². The zero-order valence-corrected chi connectivity index (χ0v) is 4.68. The first-order valence-electron chi connectivity index (χ1n) is 2.75. The van der Waals surface area contributed by atoms with Crippen LogP contribution in [0.15, 0.2) is 15.4 Å². The second kappa shape index (κ2) is 1.37. The van der Waals surface area contributed by atoms with E-state index in [2.05, 4.69) is 9.68 Å². The topological polar surface area (TPSA) is 46.0 Å². The molecule has 1 aliphatic rings. The third-order valence-electron chi connectivity index (χ3n) is 1.42. The normalized spacial score (nSPS) is 14.2. The molecule has 46 valence electrons. The Morgan fingerprint density at radius 2 is 2.56 bits per heavy atom. The number of H-pyrrole nitrogens is 1. The lowest BCUT2D eigenvalue weighted by Gasteiger charge is -1.77. The molecule has 0 amide bonds. The van der Waals surface area contributed by atoms with Crippen LogP contribution in [0.25, 0.3) is 6.08 Å². The molecule has 2 rings (SSSR count). The van der Waals surface area contributed by atoms with Gasteiger partial charge in [-0.25, -0.2) is 9.95 Å². The van der Waals surface area contributed by atoms with E-state index < -0.39 is 0 Å². The minimum atomic E-state index is -0.265. The maximum atomic E-state index is 10.7. The molecule has 0 aliphatic heterocycles. The van der Waals surface area contributed by atoms with Gasteiger partial charge in [0, 0.05) is 6.42 Å². The Labute approximate surface area is 51.0 Å². The summed E-state index contributed by atoms with van der Waals surface area (Å²) in [6.07, 6.45) is 4.50. The average Bonchev–Trinajstić information content (AvgIpc) is 2.35. The molecule has 0 radical (unpaired) electrons. The van der Waals surface area contributed by atoms with Crippen molar-refractivity contribution in [2.45, 2.75) is 6.42 Å². The zero-order chi connectivity index (χ0) is 6.27. The summed E-state index contributed by atoms with van der Waals surface area (Å²) in [5, 5.41) is 2.54. The van der Waals surface area contributed by atoms with Gasteiger partial charge < -0.3 is 4.52 Å². The van der Waals surface area contributed by atoms with Crippen molar-refractivity contribution in [1.29, 1.82) is 0 Å². The molecule has 1 aromatic rings. The fourth-order valence-corrected chi connectivity index (χ4v) is 0.956. The quantitative estimate of drug-likeness (QED) is 0.547. The maximum Gasteiger partial charge on any atom is 0.364 e. The van der Waals surface area contributed by atoms with Crippen molar-refractivity contribution in [3.8, 4) is 0 Å². The lowest BCUT2D eigenvalue weighted by Crippen LogP contribution is -1.94. The highest BCUT2D eigenvalue weighted by Gasteiger charge is 2.11. The number of hydrogen-bond donors (Lipinski definition) is 1. The SMILES string of the molecule is O=c1o[nH]c2c1C=CC2. The summed E-state index contributed by atoms with van der Waals surface area (Å²) in [5.41, 5.74) is 1.30. The van der Waals surface area contributed by atoms with Crippen LogP contribution in [0.2, 0.25) is 0 Å². The van der Waals surface area contributed by atoms with Gasteiger partial charge in [0.1, 0.15) is 0 Å². The summed E-state index contributed by atoms with van der Waals surface area (Å²) < 4.78 is 4.51. The van der Waals surface area contributed by atoms with Crippen molar-refractivity contribution >= 4 is 6.08 Å². The summed E-state index contributed by atoms with van der Waals surface area (Å²) in [4.78, 5) is 10.7. The molecule has 0 atom stereocenters. The number of rotatable bonds is 0. The van der Waals surface area contributed by atoms with Gasteiger partial charge in [-0.15, -0.1) is 0 Å². The number of hydrogen-bond acceptors (Lipinski definition) is 2. The van der Waals surface area contributed by atoms with Crippen molar-refractivity contribution in [2.24, 2.45) is 0 Å². The first kappa shape index (κ1) is 4.61. The Balaban J connectivity index is 2.82. The summed E-state index contributed by atoms with van der Waals surface area (Å²) >= 11 is 0. The fourth-order valence-electron chi connectivity index (χ4n) is 0.956. The van der Waals surface area contributed by atoms with Gasteiger partial charge in [0.05, 0.1) is 11.3 Å². The molecule has 1 aliphatic carbocycles. The second-order valence-electron chi connectivity index (χ2n) is 1.99. The third-order valence-corrected chi connectivity index (χ3v) is 1.42. The van der Waals surface area contributed by atoms with E-state index in [1.165, 1.54) is 0 Å². The van der Waals surface area contributed by atoms with Crippen LogP contribution in [-0.2, 0) is 6.42 Å². The van der Waals surface area contributed by atoms with Crippen molar-refractivity contribution in [3.05, 3.63) is 27.8 Å². The number of allylic oxidation sites excluding steroid dienone is 1. The minimum absolute atomic E-state index is 0.265. The lowest BCUT2D eigenvalue weighted by atomic mass is 10.3. The Morgan fingerprint density at radius 1 is 1.67 bits per heavy atom. The highest BCUT2D eigenvalue weighted by atomic mass is 16.5. The smallest absolute Gasteiger partial charge is 0.338 e. The first-order valence-corrected chi connectivity index (χ1v) is 2.75. The maximum absolute atomic E-state index is 10.7. The van der Waals surface area contributed by atoms with Crippen LogP contribution >= 0.6 is 0 Å². The van der Waals surface area contributed by atoms with Crippen LogP contribution in [0, 0.1) is 0 Å². The fraction of sp³-hybridized carbons (Fsp3) is 0.167. The number of fused-ring (bicyclic) bond motifs is 1. The zero-order valence-electron chi connectivity index (χ0n) is 4.68. The molecule has 1 heterocycles. The molecule has 0 saturated heterocycles. The van der Waals surface area contributed by atoms with Gasteiger partial charge >= 0.3 is 5.63 Å². The average molecular weight is 123 g/mol. The minimum Gasteiger partial charge on any atom is -0.338 e. The van der Waals surface area contributed by atoms with Gasteiger partial charge in [0.2, 0.25) is 0 Å². The van der Waals surface area contributed by atoms with E-state index in [9.17, 15) is 4.79 Å². The van der Waals surface area contributed by atoms with Gasteiger partial charge in [-0.05, 0) is 6.08 Å². The van der Waals surface area contributed by atoms with Crippen molar-refractivity contribution in [3.63, 3.8) is 0 Å². The predicted octanol–water partition coefficient (Wildman–Crippen LogP) is 0.537. The van der Waals surface area contributed by atoms with Gasteiger partial charge in [-0.2, -0.15) is 0 Å². The van der Waals surface area contributed by atoms with Gasteiger partial charge in [-0.1, -0.05) is 6.08 Å². The molecule has 0 fully saturated rings. The van der Waals surface area contributed by atoms with Gasteiger partial charge in [-0.3, -0.25) is 0 Å². The lowest BCUT2D eigenvalue weighted by molar-refractivity contribution is 0.385. The Morgan fingerprint density at radius 3 is 3.33 bits per heavy atom. The van der Waals surface area contributed by atoms with Crippen LogP contribution in [0.4, 0.5) is 0 Å². The highest BCUT2D eigenvalue weighted by molar-refractivity contribution is 5.55. The molecule has 9 heavy (non-hydrogen) atoms. The third kappa shape index (κ3) is 0.483. The van der Waals surface area contributed by atoms with Crippen LogP contribution in [0.5, 0.6) is 0 Å². The van der Waals surface area contributed by atoms with Crippen molar-refractivity contribution < 1.29 is 4.52 Å². The summed E-state index contributed by atoms with van der Waals surface area (Å²) in [5.74, 6) is 0. The monoisotopic (exact) mass is 123 g/mol. The van der Waals surface area contributed by atoms with Crippen LogP contribution in [0.1, 0.15) is 11.3 Å². The molecule has 3 heteroatoms. The number of aromatic amines is 1. The molecule has 0 unspecified atom stereocenters. The van der Waals surface area contributed by atoms with Gasteiger partial charge in [0.25, 0.3) is 0 Å². The second-order valence-corrected chi connectivity index (χ2v) is 1.99. The predicted molar refractivity (Wildman–Crippen MR) is 32.1 cm³/mol. The Bertz CT molecular complexity index is 305. The molecule has 0 aromatic carbocycles. The van der Waals surface area contributed by atoms with E-state index in [1.807, 2.05) is 6.08 Å². The van der Waals surface area contributed by atoms with E-state index >= 15 is 0 Å². The molecule has 0 spiro atoms. The van der Waals surface area contributed by atoms with Crippen LogP contribution in [0.3, 0.4) is 0 Å². The van der Waals surface area contributed by atoms with Crippen LogP contribution in [-0.4, -0.2) is 5.16 Å². The highest BCUT2D eigenvalue weighted by Crippen LogP contribution is 2.11. The van der Waals surface area contributed by atoms with E-state index in [1.54, 1.807) is 6.08 Å². The standard InChI is InChI=1S/C6H5NO2/c8-6-4-2-1-3-5(4)7-9-6/h1-2,7H,3H2. The molecule has 3 nitrogen and oxygen atoms in total. The molecule has 1 aromatic heterocycles. The van der Waals surface area contributed by atoms with Crippen molar-refractivity contribution in [1.82, 2.24) is 5.16 Å². The molecule has 1 N–H and O–H groups in total. The summed E-state index contributed by atoms with van der Waals surface area (Å²) in [6.45, 7) is 0. The molecular weight excluding hydrogens is 118 g/mol. The summed E-state index contributed by atoms with van der Waals surface area (Å²) in [6, 6.07) is 0. The van der Waals surface area contributed by atoms with Crippen molar-refractivity contribution in [2.75, 3.05) is 0 Å². The Kier molecular flexibility index (Phi) is 0.704. The number of aromatic nitrogens is 1. The first-order chi connectivity index (χ1) is 4.38. The van der Waals surface area contributed by atoms with E-state index in [4.69, 9.17) is 0 Å². The Hall–Kier alpha value is -1.25. The largest absolute Gasteiger partial charge is 0.364 e. The molecular formula is C6H5NO2.